The van der Waals surface area contributed by atoms with Crippen molar-refractivity contribution in [3.8, 4) is 0 Å². The number of aromatic nitrogens is 1. The molecule has 0 unspecified atom stereocenters. The summed E-state index contributed by atoms with van der Waals surface area (Å²) in [5.74, 6) is 0.539. The third-order valence-corrected chi connectivity index (χ3v) is 4.57. The predicted molar refractivity (Wildman–Crippen MR) is 89.5 cm³/mol. The average Bonchev–Trinajstić information content (AvgIpc) is 3.29. The molecule has 1 aromatic carbocycles. The summed E-state index contributed by atoms with van der Waals surface area (Å²) in [4.78, 5) is 19.0. The summed E-state index contributed by atoms with van der Waals surface area (Å²) in [6.45, 7) is 1.06. The van der Waals surface area contributed by atoms with E-state index in [1.165, 1.54) is 17.6 Å². The largest absolute Gasteiger partial charge is 0.494 e. The van der Waals surface area contributed by atoms with Gasteiger partial charge in [-0.1, -0.05) is 23.5 Å². The zero-order valence-electron chi connectivity index (χ0n) is 12.7. The molecule has 122 valence electrons. The summed E-state index contributed by atoms with van der Waals surface area (Å²) in [6.07, 6.45) is 2.93. The van der Waals surface area contributed by atoms with E-state index < -0.39 is 0 Å². The minimum Gasteiger partial charge on any atom is -0.494 e. The molecule has 0 bridgehead atoms. The average molecular weight is 342 g/mol. The minimum atomic E-state index is -0.301. The van der Waals surface area contributed by atoms with Crippen molar-refractivity contribution < 1.29 is 18.7 Å². The van der Waals surface area contributed by atoms with Crippen molar-refractivity contribution in [3.63, 3.8) is 0 Å². The number of para-hydroxylation sites is 1. The van der Waals surface area contributed by atoms with Gasteiger partial charge in [0.25, 0.3) is 5.91 Å². The van der Waals surface area contributed by atoms with Crippen LogP contribution in [-0.2, 0) is 20.8 Å². The Hall–Kier alpha value is -2.80. The monoisotopic (exact) mass is 342 g/mol. The fourth-order valence-electron chi connectivity index (χ4n) is 2.37. The van der Waals surface area contributed by atoms with E-state index >= 15 is 0 Å². The Morgan fingerprint density at radius 2 is 2.12 bits per heavy atom. The third kappa shape index (κ3) is 2.85. The highest BCUT2D eigenvalue weighted by atomic mass is 32.1. The zero-order valence-corrected chi connectivity index (χ0v) is 13.5. The highest BCUT2D eigenvalue weighted by Crippen LogP contribution is 2.31. The van der Waals surface area contributed by atoms with Gasteiger partial charge in [-0.15, -0.1) is 0 Å². The number of hydrogen-bond acceptors (Lipinski definition) is 6. The van der Waals surface area contributed by atoms with E-state index in [9.17, 15) is 4.79 Å². The zero-order chi connectivity index (χ0) is 16.4. The van der Waals surface area contributed by atoms with Crippen molar-refractivity contribution in [3.05, 3.63) is 60.4 Å². The fraction of sp³-hybridized carbons (Fsp3) is 0.176. The molecule has 0 saturated heterocycles. The van der Waals surface area contributed by atoms with E-state index in [1.54, 1.807) is 17.2 Å². The van der Waals surface area contributed by atoms with Gasteiger partial charge in [-0.05, 0) is 24.3 Å². The first-order valence-electron chi connectivity index (χ1n) is 7.45. The Kier molecular flexibility index (Phi) is 3.92. The minimum absolute atomic E-state index is 0.173. The van der Waals surface area contributed by atoms with Crippen LogP contribution in [0, 0.1) is 0 Å². The lowest BCUT2D eigenvalue weighted by atomic mass is 10.3. The van der Waals surface area contributed by atoms with Gasteiger partial charge in [0.15, 0.2) is 5.13 Å². The molecule has 24 heavy (non-hydrogen) atoms. The number of furan rings is 1. The molecule has 0 N–H and O–H groups in total. The van der Waals surface area contributed by atoms with Crippen molar-refractivity contribution in [1.82, 2.24) is 4.98 Å². The second kappa shape index (κ2) is 6.37. The van der Waals surface area contributed by atoms with Crippen LogP contribution >= 0.6 is 11.3 Å². The van der Waals surface area contributed by atoms with E-state index in [0.717, 1.165) is 10.2 Å². The summed E-state index contributed by atoms with van der Waals surface area (Å²) in [5, 5.41) is 0.590. The van der Waals surface area contributed by atoms with Crippen LogP contribution in [0.4, 0.5) is 5.13 Å². The van der Waals surface area contributed by atoms with Gasteiger partial charge < -0.3 is 13.9 Å². The number of amides is 1. The molecule has 1 aliphatic rings. The van der Waals surface area contributed by atoms with Crippen LogP contribution < -0.4 is 4.90 Å². The molecule has 0 atom stereocenters. The summed E-state index contributed by atoms with van der Waals surface area (Å²) in [6, 6.07) is 11.4. The first kappa shape index (κ1) is 14.8. The molecule has 0 radical (unpaired) electrons. The van der Waals surface area contributed by atoms with E-state index in [2.05, 4.69) is 4.98 Å². The maximum absolute atomic E-state index is 12.9. The van der Waals surface area contributed by atoms with Gasteiger partial charge in [-0.25, -0.2) is 4.98 Å². The number of ether oxygens (including phenoxy) is 2. The van der Waals surface area contributed by atoms with Crippen molar-refractivity contribution in [2.24, 2.45) is 0 Å². The smallest absolute Gasteiger partial charge is 0.298 e. The number of carbonyl (C=O) groups excluding carboxylic acids is 1. The number of rotatable bonds is 4. The number of nitrogens with zero attached hydrogens (tertiary/aromatic N) is 2. The van der Waals surface area contributed by atoms with Crippen molar-refractivity contribution in [2.75, 3.05) is 18.1 Å². The lowest BCUT2D eigenvalue weighted by Crippen LogP contribution is -2.33. The number of fused-ring (bicyclic) bond motifs is 1. The molecule has 7 heteroatoms. The third-order valence-electron chi connectivity index (χ3n) is 3.51. The van der Waals surface area contributed by atoms with Gasteiger partial charge in [0.1, 0.15) is 25.2 Å². The van der Waals surface area contributed by atoms with Gasteiger partial charge in [-0.3, -0.25) is 9.69 Å². The maximum Gasteiger partial charge on any atom is 0.298 e. The molecule has 2 aromatic heterocycles. The summed E-state index contributed by atoms with van der Waals surface area (Å²) in [7, 11) is 0. The van der Waals surface area contributed by atoms with Gasteiger partial charge >= 0.3 is 0 Å². The van der Waals surface area contributed by atoms with Crippen molar-refractivity contribution >= 4 is 32.6 Å². The summed E-state index contributed by atoms with van der Waals surface area (Å²) in [5.41, 5.74) is 0.851. The number of carbonyl (C=O) groups is 1. The fourth-order valence-corrected chi connectivity index (χ4v) is 3.34. The normalized spacial score (nSPS) is 13.9. The molecular formula is C17H14N2O4S. The molecule has 0 saturated carbocycles. The standard InChI is InChI=1S/C17H14N2O4S/c20-16(14-11-21-8-9-23-14)19(10-12-4-3-7-22-12)17-18-13-5-1-2-6-15(13)24-17/h1-7,11H,8-10H2. The van der Waals surface area contributed by atoms with Crippen LogP contribution in [-0.4, -0.2) is 24.1 Å². The molecule has 0 aliphatic carbocycles. The molecule has 0 spiro atoms. The van der Waals surface area contributed by atoms with Gasteiger partial charge in [-0.2, -0.15) is 0 Å². The number of thiazole rings is 1. The molecule has 0 fully saturated rings. The maximum atomic E-state index is 12.9. The highest BCUT2D eigenvalue weighted by Gasteiger charge is 2.27. The molecular weight excluding hydrogens is 328 g/mol. The number of benzene rings is 1. The Morgan fingerprint density at radius 1 is 1.21 bits per heavy atom. The molecule has 1 amide bonds. The first-order chi connectivity index (χ1) is 11.8. The van der Waals surface area contributed by atoms with Crippen molar-refractivity contribution in [2.45, 2.75) is 6.54 Å². The summed E-state index contributed by atoms with van der Waals surface area (Å²) < 4.78 is 17.0. The quantitative estimate of drug-likeness (QED) is 0.728. The van der Waals surface area contributed by atoms with E-state index in [0.29, 0.717) is 24.1 Å². The highest BCUT2D eigenvalue weighted by molar-refractivity contribution is 7.22. The van der Waals surface area contributed by atoms with Crippen LogP contribution in [0.15, 0.2) is 59.1 Å². The van der Waals surface area contributed by atoms with E-state index in [1.807, 2.05) is 30.3 Å². The Labute approximate surface area is 141 Å². The first-order valence-corrected chi connectivity index (χ1v) is 8.27. The van der Waals surface area contributed by atoms with E-state index in [-0.39, 0.29) is 18.2 Å². The van der Waals surface area contributed by atoms with Crippen molar-refractivity contribution in [1.29, 1.82) is 0 Å². The predicted octanol–water partition coefficient (Wildman–Crippen LogP) is 3.31. The molecule has 3 heterocycles. The van der Waals surface area contributed by atoms with Gasteiger partial charge in [0, 0.05) is 0 Å². The second-order valence-corrected chi connectivity index (χ2v) is 6.15. The molecule has 4 rings (SSSR count). The molecule has 1 aliphatic heterocycles. The number of anilines is 1. The van der Waals surface area contributed by atoms with Crippen LogP contribution in [0.1, 0.15) is 5.76 Å². The SMILES string of the molecule is O=C(C1=COCCO1)N(Cc1ccco1)c1nc2ccccc2s1. The Morgan fingerprint density at radius 3 is 2.88 bits per heavy atom. The topological polar surface area (TPSA) is 64.8 Å². The summed E-state index contributed by atoms with van der Waals surface area (Å²) >= 11 is 1.45. The van der Waals surface area contributed by atoms with E-state index in [4.69, 9.17) is 13.9 Å². The second-order valence-electron chi connectivity index (χ2n) is 5.14. The lowest BCUT2D eigenvalue weighted by Gasteiger charge is -2.22. The number of hydrogen-bond donors (Lipinski definition) is 0. The van der Waals surface area contributed by atoms with Crippen LogP contribution in [0.3, 0.4) is 0 Å². The van der Waals surface area contributed by atoms with Gasteiger partial charge in [0.05, 0.1) is 23.0 Å². The van der Waals surface area contributed by atoms with Crippen LogP contribution in [0.5, 0.6) is 0 Å². The van der Waals surface area contributed by atoms with Crippen LogP contribution in [0.25, 0.3) is 10.2 Å². The van der Waals surface area contributed by atoms with Gasteiger partial charge in [0.2, 0.25) is 5.76 Å². The Balaban J connectivity index is 1.71. The van der Waals surface area contributed by atoms with Crippen LogP contribution in [0.2, 0.25) is 0 Å². The molecule has 3 aromatic rings. The lowest BCUT2D eigenvalue weighted by molar-refractivity contribution is -0.120. The Bertz CT molecular complexity index is 852. The molecule has 6 nitrogen and oxygen atoms in total.